The highest BCUT2D eigenvalue weighted by atomic mass is 16.6. The number of esters is 1. The number of carbonyl (C=O) groups excluding carboxylic acids is 2. The van der Waals surface area contributed by atoms with E-state index in [1.807, 2.05) is 20.8 Å². The highest BCUT2D eigenvalue weighted by Crippen LogP contribution is 2.31. The van der Waals surface area contributed by atoms with Gasteiger partial charge >= 0.3 is 12.1 Å². The maximum atomic E-state index is 12.4. The topological polar surface area (TPSA) is 64.6 Å². The van der Waals surface area contributed by atoms with Crippen LogP contribution in [0.15, 0.2) is 0 Å². The molecule has 0 saturated heterocycles. The van der Waals surface area contributed by atoms with Gasteiger partial charge in [0.2, 0.25) is 0 Å². The van der Waals surface area contributed by atoms with Crippen LogP contribution in [0.1, 0.15) is 106 Å². The van der Waals surface area contributed by atoms with Crippen molar-refractivity contribution in [3.05, 3.63) is 0 Å². The summed E-state index contributed by atoms with van der Waals surface area (Å²) in [6, 6.07) is 0. The number of hydrogen-bond donors (Lipinski definition) is 1. The van der Waals surface area contributed by atoms with E-state index in [0.29, 0.717) is 0 Å². The number of amides is 1. The zero-order chi connectivity index (χ0) is 20.8. The summed E-state index contributed by atoms with van der Waals surface area (Å²) >= 11 is 0. The third-order valence-corrected chi connectivity index (χ3v) is 5.31. The molecule has 0 atom stereocenters. The predicted molar refractivity (Wildman–Crippen MR) is 111 cm³/mol. The second-order valence-electron chi connectivity index (χ2n) is 8.18. The number of alkyl carbamates (subject to hydrolysis) is 1. The summed E-state index contributed by atoms with van der Waals surface area (Å²) in [5.74, 6) is -0.233. The van der Waals surface area contributed by atoms with Crippen LogP contribution in [0.2, 0.25) is 0 Å². The second kappa shape index (κ2) is 13.8. The number of nitrogens with one attached hydrogen (secondary N) is 1. The first-order valence-electron chi connectivity index (χ1n) is 10.9. The van der Waals surface area contributed by atoms with Crippen molar-refractivity contribution in [1.82, 2.24) is 5.32 Å². The van der Waals surface area contributed by atoms with Crippen LogP contribution < -0.4 is 5.32 Å². The van der Waals surface area contributed by atoms with Crippen molar-refractivity contribution in [2.75, 3.05) is 13.2 Å². The predicted octanol–water partition coefficient (Wildman–Crippen LogP) is 6.00. The molecule has 0 unspecified atom stereocenters. The Hall–Kier alpha value is -1.26. The molecule has 0 aromatic carbocycles. The molecular weight excluding hydrogens is 342 g/mol. The van der Waals surface area contributed by atoms with Gasteiger partial charge in [-0.25, -0.2) is 4.79 Å². The van der Waals surface area contributed by atoms with Crippen LogP contribution >= 0.6 is 0 Å². The van der Waals surface area contributed by atoms with Gasteiger partial charge in [-0.1, -0.05) is 47.0 Å². The first-order chi connectivity index (χ1) is 12.8. The highest BCUT2D eigenvalue weighted by molar-refractivity contribution is 5.75. The zero-order valence-electron chi connectivity index (χ0n) is 18.6. The van der Waals surface area contributed by atoms with Gasteiger partial charge in [-0.15, -0.1) is 0 Å². The highest BCUT2D eigenvalue weighted by Gasteiger charge is 2.32. The lowest BCUT2D eigenvalue weighted by Gasteiger charge is -2.34. The minimum atomic E-state index is -0.490. The fraction of sp³-hybridized carbons (Fsp3) is 0.909. The molecule has 1 N–H and O–H groups in total. The third kappa shape index (κ3) is 10.6. The molecule has 0 rings (SSSR count). The Morgan fingerprint density at radius 1 is 0.852 bits per heavy atom. The summed E-state index contributed by atoms with van der Waals surface area (Å²) in [7, 11) is 0. The Morgan fingerprint density at radius 3 is 1.74 bits per heavy atom. The average molecular weight is 386 g/mol. The normalized spacial score (nSPS) is 11.9. The van der Waals surface area contributed by atoms with Gasteiger partial charge in [-0.2, -0.15) is 0 Å². The standard InChI is InChI=1S/C22H43NO4/c1-7-11-14-22(15-12-8-2,16-13-9-3)27-20(25)23-17-18-26-19(24)21(5,6)10-4/h7-18H2,1-6H3,(H,23,25). The van der Waals surface area contributed by atoms with Gasteiger partial charge in [0.1, 0.15) is 12.2 Å². The van der Waals surface area contributed by atoms with E-state index in [1.54, 1.807) is 0 Å². The minimum absolute atomic E-state index is 0.170. The molecule has 0 aromatic heterocycles. The second-order valence-corrected chi connectivity index (χ2v) is 8.18. The molecule has 0 bridgehead atoms. The fourth-order valence-electron chi connectivity index (χ4n) is 2.89. The molecule has 0 aliphatic carbocycles. The largest absolute Gasteiger partial charge is 0.463 e. The van der Waals surface area contributed by atoms with Crippen molar-refractivity contribution in [2.45, 2.75) is 111 Å². The number of ether oxygens (including phenoxy) is 2. The van der Waals surface area contributed by atoms with Crippen molar-refractivity contribution in [3.8, 4) is 0 Å². The summed E-state index contributed by atoms with van der Waals surface area (Å²) in [4.78, 5) is 24.3. The Balaban J connectivity index is 4.61. The van der Waals surface area contributed by atoms with E-state index in [4.69, 9.17) is 9.47 Å². The Labute approximate surface area is 167 Å². The molecule has 0 heterocycles. The van der Waals surface area contributed by atoms with E-state index in [2.05, 4.69) is 26.1 Å². The maximum absolute atomic E-state index is 12.4. The van der Waals surface area contributed by atoms with Gasteiger partial charge in [0.05, 0.1) is 12.0 Å². The summed E-state index contributed by atoms with van der Waals surface area (Å²) in [6.07, 6.45) is 9.51. The fourth-order valence-corrected chi connectivity index (χ4v) is 2.89. The van der Waals surface area contributed by atoms with Gasteiger partial charge in [0.15, 0.2) is 0 Å². The van der Waals surface area contributed by atoms with E-state index in [-0.39, 0.29) is 24.7 Å². The van der Waals surface area contributed by atoms with Crippen molar-refractivity contribution in [1.29, 1.82) is 0 Å². The van der Waals surface area contributed by atoms with Crippen LogP contribution in [0.5, 0.6) is 0 Å². The molecule has 160 valence electrons. The Kier molecular flexibility index (Phi) is 13.2. The lowest BCUT2D eigenvalue weighted by atomic mass is 9.86. The van der Waals surface area contributed by atoms with Gasteiger partial charge in [-0.3, -0.25) is 4.79 Å². The van der Waals surface area contributed by atoms with Crippen molar-refractivity contribution in [2.24, 2.45) is 5.41 Å². The summed E-state index contributed by atoms with van der Waals surface area (Å²) in [5, 5.41) is 2.75. The molecule has 0 fully saturated rings. The molecule has 0 aromatic rings. The quantitative estimate of drug-likeness (QED) is 0.277. The summed E-state index contributed by atoms with van der Waals surface area (Å²) in [5.41, 5.74) is -0.858. The van der Waals surface area contributed by atoms with Gasteiger partial charge in [0.25, 0.3) is 0 Å². The Bertz CT molecular complexity index is 399. The molecule has 0 aliphatic heterocycles. The number of rotatable bonds is 15. The van der Waals surface area contributed by atoms with E-state index in [1.165, 1.54) is 0 Å². The van der Waals surface area contributed by atoms with Crippen molar-refractivity contribution < 1.29 is 19.1 Å². The van der Waals surface area contributed by atoms with Gasteiger partial charge < -0.3 is 14.8 Å². The molecule has 27 heavy (non-hydrogen) atoms. The molecule has 5 nitrogen and oxygen atoms in total. The van der Waals surface area contributed by atoms with Crippen LogP contribution in [-0.2, 0) is 14.3 Å². The smallest absolute Gasteiger partial charge is 0.407 e. The number of unbranched alkanes of at least 4 members (excludes halogenated alkanes) is 3. The van der Waals surface area contributed by atoms with Crippen molar-refractivity contribution >= 4 is 12.1 Å². The van der Waals surface area contributed by atoms with E-state index >= 15 is 0 Å². The van der Waals surface area contributed by atoms with Gasteiger partial charge in [-0.05, 0) is 58.8 Å². The minimum Gasteiger partial charge on any atom is -0.463 e. The van der Waals surface area contributed by atoms with Crippen LogP contribution in [0.25, 0.3) is 0 Å². The van der Waals surface area contributed by atoms with Crippen LogP contribution in [0, 0.1) is 5.41 Å². The number of carbonyl (C=O) groups is 2. The van der Waals surface area contributed by atoms with Crippen LogP contribution in [0.3, 0.4) is 0 Å². The zero-order valence-corrected chi connectivity index (χ0v) is 18.6. The summed E-state index contributed by atoms with van der Waals surface area (Å²) in [6.45, 7) is 12.6. The number of hydrogen-bond acceptors (Lipinski definition) is 4. The maximum Gasteiger partial charge on any atom is 0.407 e. The third-order valence-electron chi connectivity index (χ3n) is 5.31. The van der Waals surface area contributed by atoms with E-state index in [9.17, 15) is 9.59 Å². The first kappa shape index (κ1) is 25.7. The molecule has 0 spiro atoms. The van der Waals surface area contributed by atoms with Crippen LogP contribution in [-0.4, -0.2) is 30.8 Å². The van der Waals surface area contributed by atoms with Crippen LogP contribution in [0.4, 0.5) is 4.79 Å². The monoisotopic (exact) mass is 385 g/mol. The molecular formula is C22H43NO4. The Morgan fingerprint density at radius 2 is 1.33 bits per heavy atom. The molecule has 1 amide bonds. The average Bonchev–Trinajstić information content (AvgIpc) is 2.65. The van der Waals surface area contributed by atoms with E-state index < -0.39 is 11.5 Å². The molecule has 5 heteroatoms. The van der Waals surface area contributed by atoms with E-state index in [0.717, 1.165) is 64.2 Å². The van der Waals surface area contributed by atoms with Crippen molar-refractivity contribution in [3.63, 3.8) is 0 Å². The summed E-state index contributed by atoms with van der Waals surface area (Å²) < 4.78 is 11.2. The lowest BCUT2D eigenvalue weighted by Crippen LogP contribution is -2.40. The van der Waals surface area contributed by atoms with Gasteiger partial charge in [0, 0.05) is 0 Å². The molecule has 0 saturated carbocycles. The lowest BCUT2D eigenvalue weighted by molar-refractivity contribution is -0.153. The SMILES string of the molecule is CCCCC(CCCC)(CCCC)OC(=O)NCCOC(=O)C(C)(C)CC. The molecule has 0 radical (unpaired) electrons. The molecule has 0 aliphatic rings. The first-order valence-corrected chi connectivity index (χ1v) is 10.9.